The molecule has 0 aromatic heterocycles. The second-order valence-corrected chi connectivity index (χ2v) is 8.57. The van der Waals surface area contributed by atoms with Crippen LogP contribution in [-0.4, -0.2) is 0 Å². The highest BCUT2D eigenvalue weighted by molar-refractivity contribution is 7.49. The van der Waals surface area contributed by atoms with Crippen molar-refractivity contribution in [3.05, 3.63) is 127 Å². The standard InChI is InChI=1S/C27H27O4P/c1-4-7-22-10-16-25(17-11-22)29-32(28,30-26-18-12-23(8-5-2)13-19-26)31-27-20-14-24(9-6-3)15-21-27/h4-6,10-21H,1-3,7-9H2. The van der Waals surface area contributed by atoms with Crippen molar-refractivity contribution in [2.24, 2.45) is 0 Å². The van der Waals surface area contributed by atoms with Crippen LogP contribution < -0.4 is 13.6 Å². The van der Waals surface area contributed by atoms with E-state index in [4.69, 9.17) is 13.6 Å². The Morgan fingerprint density at radius 3 is 1.00 bits per heavy atom. The minimum atomic E-state index is -4.04. The van der Waals surface area contributed by atoms with Gasteiger partial charge in [-0.05, 0) is 72.4 Å². The van der Waals surface area contributed by atoms with Crippen LogP contribution in [0.25, 0.3) is 0 Å². The van der Waals surface area contributed by atoms with E-state index in [-0.39, 0.29) is 0 Å². The average Bonchev–Trinajstić information content (AvgIpc) is 2.78. The topological polar surface area (TPSA) is 44.8 Å². The molecule has 3 aromatic rings. The smallest absolute Gasteiger partial charge is 0.386 e. The molecule has 0 aliphatic heterocycles. The Morgan fingerprint density at radius 1 is 0.531 bits per heavy atom. The molecule has 0 heterocycles. The molecule has 0 bridgehead atoms. The third kappa shape index (κ3) is 6.76. The lowest BCUT2D eigenvalue weighted by molar-refractivity contribution is 0.298. The zero-order valence-corrected chi connectivity index (χ0v) is 18.9. The number of benzene rings is 3. The Kier molecular flexibility index (Phi) is 8.13. The minimum absolute atomic E-state index is 0.382. The Hall–Kier alpha value is -3.49. The Morgan fingerprint density at radius 2 is 0.781 bits per heavy atom. The first-order chi connectivity index (χ1) is 15.5. The van der Waals surface area contributed by atoms with E-state index < -0.39 is 7.82 Å². The van der Waals surface area contributed by atoms with Gasteiger partial charge < -0.3 is 13.6 Å². The summed E-state index contributed by atoms with van der Waals surface area (Å²) >= 11 is 0. The molecule has 4 nitrogen and oxygen atoms in total. The van der Waals surface area contributed by atoms with Crippen molar-refractivity contribution in [1.29, 1.82) is 0 Å². The van der Waals surface area contributed by atoms with Gasteiger partial charge >= 0.3 is 7.82 Å². The van der Waals surface area contributed by atoms with Crippen molar-refractivity contribution in [3.63, 3.8) is 0 Å². The second kappa shape index (κ2) is 11.2. The molecule has 164 valence electrons. The molecule has 0 N–H and O–H groups in total. The van der Waals surface area contributed by atoms with Crippen LogP contribution >= 0.6 is 7.82 Å². The third-order valence-electron chi connectivity index (χ3n) is 4.56. The van der Waals surface area contributed by atoms with Gasteiger partial charge in [-0.15, -0.1) is 19.7 Å². The lowest BCUT2D eigenvalue weighted by atomic mass is 10.1. The number of rotatable bonds is 12. The fraction of sp³-hybridized carbons (Fsp3) is 0.111. The van der Waals surface area contributed by atoms with Gasteiger partial charge in [0.2, 0.25) is 0 Å². The van der Waals surface area contributed by atoms with Gasteiger partial charge in [-0.2, -0.15) is 4.57 Å². The first-order valence-electron chi connectivity index (χ1n) is 10.3. The number of hydrogen-bond donors (Lipinski definition) is 0. The number of allylic oxidation sites excluding steroid dienone is 3. The first kappa shape index (κ1) is 23.2. The molecule has 0 aliphatic rings. The molecule has 32 heavy (non-hydrogen) atoms. The van der Waals surface area contributed by atoms with Crippen molar-refractivity contribution >= 4 is 7.82 Å². The van der Waals surface area contributed by atoms with Gasteiger partial charge in [0.15, 0.2) is 0 Å². The van der Waals surface area contributed by atoms with Gasteiger partial charge in [0.1, 0.15) is 17.2 Å². The van der Waals surface area contributed by atoms with Gasteiger partial charge in [0.25, 0.3) is 0 Å². The number of phosphoric acid groups is 1. The van der Waals surface area contributed by atoms with Gasteiger partial charge in [-0.25, -0.2) is 0 Å². The maximum atomic E-state index is 13.6. The van der Waals surface area contributed by atoms with E-state index in [1.54, 1.807) is 36.4 Å². The largest absolute Gasteiger partial charge is 0.647 e. The second-order valence-electron chi connectivity index (χ2n) is 7.13. The summed E-state index contributed by atoms with van der Waals surface area (Å²) in [5, 5.41) is 0. The van der Waals surface area contributed by atoms with E-state index >= 15 is 0 Å². The summed E-state index contributed by atoms with van der Waals surface area (Å²) in [6, 6.07) is 21.7. The summed E-state index contributed by atoms with van der Waals surface area (Å²) in [5.41, 5.74) is 3.21. The van der Waals surface area contributed by atoms with Gasteiger partial charge in [-0.1, -0.05) is 54.6 Å². The van der Waals surface area contributed by atoms with Crippen LogP contribution in [0.2, 0.25) is 0 Å². The van der Waals surface area contributed by atoms with Crippen LogP contribution in [0.1, 0.15) is 16.7 Å². The van der Waals surface area contributed by atoms with Crippen LogP contribution in [0.15, 0.2) is 111 Å². The highest BCUT2D eigenvalue weighted by Crippen LogP contribution is 2.49. The van der Waals surface area contributed by atoms with E-state index in [2.05, 4.69) is 19.7 Å². The van der Waals surface area contributed by atoms with Crippen molar-refractivity contribution in [3.8, 4) is 17.2 Å². The molecule has 3 rings (SSSR count). The zero-order chi connectivity index (χ0) is 22.8. The van der Waals surface area contributed by atoms with Crippen LogP contribution in [-0.2, 0) is 23.8 Å². The van der Waals surface area contributed by atoms with Crippen molar-refractivity contribution in [2.45, 2.75) is 19.3 Å². The summed E-state index contributed by atoms with van der Waals surface area (Å²) in [6.45, 7) is 11.2. The molecule has 0 aliphatic carbocycles. The Balaban J connectivity index is 1.84. The molecule has 0 atom stereocenters. The van der Waals surface area contributed by atoms with E-state index in [1.807, 2.05) is 54.6 Å². The molecule has 0 amide bonds. The van der Waals surface area contributed by atoms with Gasteiger partial charge in [0, 0.05) is 0 Å². The first-order valence-corrected chi connectivity index (χ1v) is 11.8. The molecular formula is C27H27O4P. The maximum Gasteiger partial charge on any atom is 0.647 e. The molecular weight excluding hydrogens is 419 g/mol. The SMILES string of the molecule is C=CCc1ccc(OP(=O)(Oc2ccc(CC=C)cc2)Oc2ccc(CC=C)cc2)cc1. The van der Waals surface area contributed by atoms with Crippen LogP contribution in [0.4, 0.5) is 0 Å². The summed E-state index contributed by atoms with van der Waals surface area (Å²) in [6.07, 6.45) is 7.66. The van der Waals surface area contributed by atoms with Crippen LogP contribution in [0.5, 0.6) is 17.2 Å². The van der Waals surface area contributed by atoms with Crippen molar-refractivity contribution < 1.29 is 18.1 Å². The van der Waals surface area contributed by atoms with Crippen LogP contribution in [0, 0.1) is 0 Å². The highest BCUT2D eigenvalue weighted by atomic mass is 31.2. The molecule has 5 heteroatoms. The predicted octanol–water partition coefficient (Wildman–Crippen LogP) is 7.52. The fourth-order valence-electron chi connectivity index (χ4n) is 3.00. The molecule has 3 aromatic carbocycles. The maximum absolute atomic E-state index is 13.6. The average molecular weight is 446 g/mol. The van der Waals surface area contributed by atoms with E-state index in [1.165, 1.54) is 0 Å². The van der Waals surface area contributed by atoms with Crippen molar-refractivity contribution in [1.82, 2.24) is 0 Å². The van der Waals surface area contributed by atoms with E-state index in [9.17, 15) is 4.57 Å². The lowest BCUT2D eigenvalue weighted by Crippen LogP contribution is -2.07. The molecule has 0 unspecified atom stereocenters. The highest BCUT2D eigenvalue weighted by Gasteiger charge is 2.33. The third-order valence-corrected chi connectivity index (χ3v) is 5.87. The normalized spacial score (nSPS) is 10.8. The Bertz CT molecular complexity index is 943. The molecule has 0 saturated carbocycles. The number of phosphoric ester groups is 1. The summed E-state index contributed by atoms with van der Waals surface area (Å²) in [4.78, 5) is 0. The molecule has 0 spiro atoms. The van der Waals surface area contributed by atoms with Gasteiger partial charge in [-0.3, -0.25) is 0 Å². The quantitative estimate of drug-likeness (QED) is 0.213. The Labute approximate surface area is 190 Å². The predicted molar refractivity (Wildman–Crippen MR) is 131 cm³/mol. The molecule has 0 saturated heterocycles. The molecule has 0 radical (unpaired) electrons. The summed E-state index contributed by atoms with van der Waals surface area (Å²) < 4.78 is 30.9. The van der Waals surface area contributed by atoms with Gasteiger partial charge in [0.05, 0.1) is 0 Å². The summed E-state index contributed by atoms with van der Waals surface area (Å²) in [5.74, 6) is 1.15. The van der Waals surface area contributed by atoms with Crippen LogP contribution in [0.3, 0.4) is 0 Å². The number of hydrogen-bond acceptors (Lipinski definition) is 4. The van der Waals surface area contributed by atoms with Crippen molar-refractivity contribution in [2.75, 3.05) is 0 Å². The molecule has 0 fully saturated rings. The zero-order valence-electron chi connectivity index (χ0n) is 18.0. The summed E-state index contributed by atoms with van der Waals surface area (Å²) in [7, 11) is -4.04. The van der Waals surface area contributed by atoms with E-state index in [0.29, 0.717) is 17.2 Å². The lowest BCUT2D eigenvalue weighted by Gasteiger charge is -2.20. The van der Waals surface area contributed by atoms with E-state index in [0.717, 1.165) is 36.0 Å². The monoisotopic (exact) mass is 446 g/mol. The fourth-order valence-corrected chi connectivity index (χ4v) is 4.25. The minimum Gasteiger partial charge on any atom is -0.386 e.